The molecule has 0 radical (unpaired) electrons. The Morgan fingerprint density at radius 2 is 1.75 bits per heavy atom. The van der Waals surface area contributed by atoms with Crippen molar-refractivity contribution in [3.63, 3.8) is 0 Å². The molecule has 1 aliphatic carbocycles. The monoisotopic (exact) mass is 558 g/mol. The number of benzene rings is 1. The van der Waals surface area contributed by atoms with Gasteiger partial charge >= 0.3 is 0 Å². The van der Waals surface area contributed by atoms with E-state index >= 15 is 0 Å². The van der Waals surface area contributed by atoms with Crippen molar-refractivity contribution in [1.82, 2.24) is 20.4 Å². The average molecular weight is 559 g/mol. The van der Waals surface area contributed by atoms with Crippen molar-refractivity contribution >= 4 is 35.6 Å². The molecule has 2 heterocycles. The minimum absolute atomic E-state index is 0. The molecule has 0 bridgehead atoms. The standard InChI is InChI=1S/C24H39FN6.HI/c1-2-26-24(28-20-10-14-30(15-11-20)21-8-9-21)27-12-5-13-29-16-18-31(19-17-29)23-7-4-3-6-22(23)25;/h3-4,6-7,20-21H,2,5,8-19H2,1H3,(H2,26,27,28);1H. The van der Waals surface area contributed by atoms with Crippen LogP contribution in [0.1, 0.15) is 39.0 Å². The number of nitrogens with zero attached hydrogens (tertiary/aromatic N) is 4. The molecule has 2 saturated heterocycles. The first-order valence-electron chi connectivity index (χ1n) is 12.2. The molecular weight excluding hydrogens is 518 g/mol. The Labute approximate surface area is 210 Å². The zero-order chi connectivity index (χ0) is 21.5. The van der Waals surface area contributed by atoms with Crippen LogP contribution in [0.15, 0.2) is 29.3 Å². The van der Waals surface area contributed by atoms with Gasteiger partial charge in [-0.05, 0) is 51.2 Å². The van der Waals surface area contributed by atoms with Gasteiger partial charge in [0.25, 0.3) is 0 Å². The number of nitrogens with one attached hydrogen (secondary N) is 2. The fraction of sp³-hybridized carbons (Fsp3) is 0.708. The van der Waals surface area contributed by atoms with E-state index in [-0.39, 0.29) is 29.8 Å². The van der Waals surface area contributed by atoms with Crippen molar-refractivity contribution in [3.8, 4) is 0 Å². The highest BCUT2D eigenvalue weighted by Crippen LogP contribution is 2.29. The van der Waals surface area contributed by atoms with E-state index in [9.17, 15) is 4.39 Å². The van der Waals surface area contributed by atoms with E-state index in [4.69, 9.17) is 4.99 Å². The quantitative estimate of drug-likeness (QED) is 0.222. The predicted molar refractivity (Wildman–Crippen MR) is 142 cm³/mol. The number of para-hydroxylation sites is 1. The second-order valence-electron chi connectivity index (χ2n) is 9.08. The topological polar surface area (TPSA) is 46.1 Å². The van der Waals surface area contributed by atoms with Crippen LogP contribution in [0.4, 0.5) is 10.1 Å². The number of rotatable bonds is 8. The number of hydrogen-bond donors (Lipinski definition) is 2. The average Bonchev–Trinajstić information content (AvgIpc) is 3.64. The van der Waals surface area contributed by atoms with Gasteiger partial charge in [0.15, 0.2) is 5.96 Å². The molecule has 1 saturated carbocycles. The lowest BCUT2D eigenvalue weighted by molar-refractivity contribution is 0.197. The van der Waals surface area contributed by atoms with E-state index in [1.54, 1.807) is 12.1 Å². The van der Waals surface area contributed by atoms with Gasteiger partial charge in [0.1, 0.15) is 5.82 Å². The first-order valence-corrected chi connectivity index (χ1v) is 12.2. The minimum atomic E-state index is -0.119. The Morgan fingerprint density at radius 1 is 1.03 bits per heavy atom. The van der Waals surface area contributed by atoms with Gasteiger partial charge in [-0.15, -0.1) is 24.0 Å². The van der Waals surface area contributed by atoms with Gasteiger partial charge in [0.2, 0.25) is 0 Å². The van der Waals surface area contributed by atoms with Crippen molar-refractivity contribution in [2.45, 2.75) is 51.1 Å². The predicted octanol–water partition coefficient (Wildman–Crippen LogP) is 3.14. The van der Waals surface area contributed by atoms with Crippen LogP contribution in [0.25, 0.3) is 0 Å². The van der Waals surface area contributed by atoms with Crippen LogP contribution in [0, 0.1) is 5.82 Å². The number of halogens is 2. The fourth-order valence-electron chi connectivity index (χ4n) is 4.77. The highest BCUT2D eigenvalue weighted by Gasteiger charge is 2.31. The fourth-order valence-corrected chi connectivity index (χ4v) is 4.77. The smallest absolute Gasteiger partial charge is 0.191 e. The highest BCUT2D eigenvalue weighted by atomic mass is 127. The van der Waals surface area contributed by atoms with Crippen molar-refractivity contribution in [1.29, 1.82) is 0 Å². The molecule has 8 heteroatoms. The molecule has 2 aliphatic heterocycles. The van der Waals surface area contributed by atoms with Gasteiger partial charge in [-0.25, -0.2) is 4.39 Å². The Bertz CT molecular complexity index is 712. The summed E-state index contributed by atoms with van der Waals surface area (Å²) in [5.41, 5.74) is 0.732. The summed E-state index contributed by atoms with van der Waals surface area (Å²) >= 11 is 0. The number of piperidine rings is 1. The molecule has 3 aliphatic rings. The third-order valence-electron chi connectivity index (χ3n) is 6.75. The molecule has 6 nitrogen and oxygen atoms in total. The number of aliphatic imine (C=N–C) groups is 1. The van der Waals surface area contributed by atoms with E-state index < -0.39 is 0 Å². The van der Waals surface area contributed by atoms with Crippen LogP contribution in [0.5, 0.6) is 0 Å². The second kappa shape index (κ2) is 12.9. The molecule has 0 atom stereocenters. The van der Waals surface area contributed by atoms with E-state index in [0.29, 0.717) is 6.04 Å². The molecule has 1 aromatic rings. The number of hydrogen-bond acceptors (Lipinski definition) is 4. The molecule has 4 rings (SSSR count). The number of likely N-dealkylation sites (tertiary alicyclic amines) is 1. The van der Waals surface area contributed by atoms with Gasteiger partial charge in [-0.2, -0.15) is 0 Å². The maximum Gasteiger partial charge on any atom is 0.191 e. The molecule has 2 N–H and O–H groups in total. The number of guanidine groups is 1. The SMILES string of the molecule is CCNC(=NCCCN1CCN(c2ccccc2F)CC1)NC1CCN(C2CC2)CC1.I. The summed E-state index contributed by atoms with van der Waals surface area (Å²) in [7, 11) is 0. The van der Waals surface area contributed by atoms with Crippen LogP contribution < -0.4 is 15.5 Å². The Kier molecular flexibility index (Phi) is 10.3. The molecule has 0 amide bonds. The van der Waals surface area contributed by atoms with Gasteiger partial charge < -0.3 is 20.4 Å². The first kappa shape index (κ1) is 25.5. The van der Waals surface area contributed by atoms with Gasteiger partial charge in [-0.1, -0.05) is 12.1 Å². The Morgan fingerprint density at radius 3 is 2.41 bits per heavy atom. The zero-order valence-corrected chi connectivity index (χ0v) is 21.8. The maximum atomic E-state index is 14.0. The number of anilines is 1. The van der Waals surface area contributed by atoms with E-state index in [2.05, 4.69) is 32.3 Å². The van der Waals surface area contributed by atoms with Crippen LogP contribution in [0.2, 0.25) is 0 Å². The van der Waals surface area contributed by atoms with Crippen molar-refractivity contribution in [2.75, 3.05) is 63.8 Å². The molecule has 180 valence electrons. The van der Waals surface area contributed by atoms with Crippen LogP contribution in [-0.4, -0.2) is 86.7 Å². The van der Waals surface area contributed by atoms with E-state index in [1.165, 1.54) is 38.8 Å². The first-order chi connectivity index (χ1) is 15.2. The molecule has 0 spiro atoms. The van der Waals surface area contributed by atoms with Crippen LogP contribution in [-0.2, 0) is 0 Å². The van der Waals surface area contributed by atoms with Gasteiger partial charge in [0, 0.05) is 71.0 Å². The molecule has 1 aromatic carbocycles. The lowest BCUT2D eigenvalue weighted by Gasteiger charge is -2.36. The summed E-state index contributed by atoms with van der Waals surface area (Å²) in [6.45, 7) is 11.1. The lowest BCUT2D eigenvalue weighted by Crippen LogP contribution is -2.49. The van der Waals surface area contributed by atoms with Crippen molar-refractivity contribution in [2.24, 2.45) is 4.99 Å². The summed E-state index contributed by atoms with van der Waals surface area (Å²) in [5.74, 6) is 0.851. The molecular formula is C24H40FIN6. The highest BCUT2D eigenvalue weighted by molar-refractivity contribution is 14.0. The molecule has 0 aromatic heterocycles. The van der Waals surface area contributed by atoms with Crippen LogP contribution in [0.3, 0.4) is 0 Å². The Hall–Kier alpha value is -1.13. The van der Waals surface area contributed by atoms with Gasteiger partial charge in [-0.3, -0.25) is 9.89 Å². The van der Waals surface area contributed by atoms with Crippen LogP contribution >= 0.6 is 24.0 Å². The zero-order valence-electron chi connectivity index (χ0n) is 19.4. The molecule has 3 fully saturated rings. The second-order valence-corrected chi connectivity index (χ2v) is 9.08. The third-order valence-corrected chi connectivity index (χ3v) is 6.75. The normalized spacial score (nSPS) is 21.3. The summed E-state index contributed by atoms with van der Waals surface area (Å²) in [6.07, 6.45) is 6.29. The lowest BCUT2D eigenvalue weighted by atomic mass is 10.1. The van der Waals surface area contributed by atoms with Crippen molar-refractivity contribution < 1.29 is 4.39 Å². The molecule has 32 heavy (non-hydrogen) atoms. The minimum Gasteiger partial charge on any atom is -0.367 e. The van der Waals surface area contributed by atoms with Gasteiger partial charge in [0.05, 0.1) is 5.69 Å². The molecule has 0 unspecified atom stereocenters. The van der Waals surface area contributed by atoms with Crippen molar-refractivity contribution in [3.05, 3.63) is 30.1 Å². The third kappa shape index (κ3) is 7.45. The number of piperazine rings is 1. The largest absolute Gasteiger partial charge is 0.367 e. The summed E-state index contributed by atoms with van der Waals surface area (Å²) in [5, 5.41) is 7.07. The van der Waals surface area contributed by atoms with E-state index in [1.807, 2.05) is 12.1 Å². The maximum absolute atomic E-state index is 14.0. The summed E-state index contributed by atoms with van der Waals surface area (Å²) < 4.78 is 14.0. The summed E-state index contributed by atoms with van der Waals surface area (Å²) in [6, 6.07) is 8.52. The van der Waals surface area contributed by atoms with E-state index in [0.717, 1.165) is 69.9 Å². The Balaban J connectivity index is 0.00000289. The summed E-state index contributed by atoms with van der Waals surface area (Å²) in [4.78, 5) is 12.1.